The predicted octanol–water partition coefficient (Wildman–Crippen LogP) is 2.71. The summed E-state index contributed by atoms with van der Waals surface area (Å²) in [7, 11) is 1.63. The number of carboxylic acids is 1. The number of methoxy groups -OCH3 is 1. The number of nitrogens with zero attached hydrogens (tertiary/aromatic N) is 1. The van der Waals surface area contributed by atoms with Crippen LogP contribution in [-0.2, 0) is 16.0 Å². The van der Waals surface area contributed by atoms with Crippen LogP contribution in [0.15, 0.2) is 29.5 Å². The van der Waals surface area contributed by atoms with E-state index in [1.165, 1.54) is 0 Å². The molecule has 23 heavy (non-hydrogen) atoms. The van der Waals surface area contributed by atoms with Crippen molar-refractivity contribution in [1.29, 1.82) is 0 Å². The largest absolute Gasteiger partial charge is 0.497 e. The molecule has 0 bridgehead atoms. The molecule has 1 heterocycles. The minimum Gasteiger partial charge on any atom is -0.497 e. The normalized spacial score (nSPS) is 20.7. The molecule has 1 atom stereocenters. The van der Waals surface area contributed by atoms with Gasteiger partial charge in [0, 0.05) is 24.2 Å². The predicted molar refractivity (Wildman–Crippen MR) is 85.3 cm³/mol. The van der Waals surface area contributed by atoms with Crippen molar-refractivity contribution in [3.63, 3.8) is 0 Å². The zero-order chi connectivity index (χ0) is 16.6. The van der Waals surface area contributed by atoms with Gasteiger partial charge in [0.2, 0.25) is 0 Å². The van der Waals surface area contributed by atoms with Crippen molar-refractivity contribution >= 4 is 11.8 Å². The molecule has 3 rings (SSSR count). The number of hydrogen-bond acceptors (Lipinski definition) is 4. The van der Waals surface area contributed by atoms with E-state index in [4.69, 9.17) is 4.74 Å². The summed E-state index contributed by atoms with van der Waals surface area (Å²) in [5.41, 5.74) is 3.97. The molecule has 0 aromatic heterocycles. The van der Waals surface area contributed by atoms with Crippen molar-refractivity contribution in [2.75, 3.05) is 13.7 Å². The number of allylic oxidation sites excluding steroid dienone is 2. The molecule has 1 aliphatic carbocycles. The molecular formula is C18H21NO4. The Morgan fingerprint density at radius 1 is 1.35 bits per heavy atom. The second-order valence-corrected chi connectivity index (χ2v) is 6.12. The molecule has 0 amide bonds. The van der Waals surface area contributed by atoms with Crippen LogP contribution in [0, 0.1) is 0 Å². The Kier molecular flexibility index (Phi) is 4.11. The van der Waals surface area contributed by atoms with Gasteiger partial charge in [-0.3, -0.25) is 9.59 Å². The fourth-order valence-corrected chi connectivity index (χ4v) is 3.65. The van der Waals surface area contributed by atoms with E-state index < -0.39 is 5.97 Å². The summed E-state index contributed by atoms with van der Waals surface area (Å²) >= 11 is 0. The number of rotatable bonds is 4. The first-order valence-electron chi connectivity index (χ1n) is 7.89. The van der Waals surface area contributed by atoms with E-state index in [0.29, 0.717) is 12.8 Å². The second kappa shape index (κ2) is 6.07. The van der Waals surface area contributed by atoms with Crippen LogP contribution in [0.25, 0.3) is 0 Å². The Morgan fingerprint density at radius 3 is 2.74 bits per heavy atom. The van der Waals surface area contributed by atoms with Crippen molar-refractivity contribution < 1.29 is 19.4 Å². The SMILES string of the molecule is COc1ccc2c(c1)CCN(C1=C(C)C(=O)CC1)C2CC(=O)O. The maximum absolute atomic E-state index is 11.9. The molecule has 1 aromatic carbocycles. The van der Waals surface area contributed by atoms with Crippen LogP contribution in [0.2, 0.25) is 0 Å². The molecule has 0 fully saturated rings. The Labute approximate surface area is 135 Å². The fourth-order valence-electron chi connectivity index (χ4n) is 3.65. The van der Waals surface area contributed by atoms with E-state index in [-0.39, 0.29) is 18.2 Å². The number of carboxylic acid groups (broad SMARTS) is 1. The molecule has 122 valence electrons. The highest BCUT2D eigenvalue weighted by molar-refractivity contribution is 5.98. The highest BCUT2D eigenvalue weighted by Crippen LogP contribution is 2.40. The molecule has 0 radical (unpaired) electrons. The second-order valence-electron chi connectivity index (χ2n) is 6.12. The number of hydrogen-bond donors (Lipinski definition) is 1. The van der Waals surface area contributed by atoms with Crippen LogP contribution in [0.3, 0.4) is 0 Å². The van der Waals surface area contributed by atoms with Gasteiger partial charge in [0.1, 0.15) is 5.75 Å². The summed E-state index contributed by atoms with van der Waals surface area (Å²) in [5.74, 6) is 0.138. The lowest BCUT2D eigenvalue weighted by Crippen LogP contribution is -2.36. The fraction of sp³-hybridized carbons (Fsp3) is 0.444. The topological polar surface area (TPSA) is 66.8 Å². The van der Waals surface area contributed by atoms with Gasteiger partial charge in [0.15, 0.2) is 5.78 Å². The first-order valence-corrected chi connectivity index (χ1v) is 7.89. The molecule has 0 spiro atoms. The van der Waals surface area contributed by atoms with Crippen LogP contribution < -0.4 is 4.74 Å². The highest BCUT2D eigenvalue weighted by atomic mass is 16.5. The van der Waals surface area contributed by atoms with E-state index in [1.807, 2.05) is 25.1 Å². The van der Waals surface area contributed by atoms with Crippen LogP contribution >= 0.6 is 0 Å². The Morgan fingerprint density at radius 2 is 2.13 bits per heavy atom. The number of benzene rings is 1. The minimum atomic E-state index is -0.828. The average molecular weight is 315 g/mol. The quantitative estimate of drug-likeness (QED) is 0.925. The van der Waals surface area contributed by atoms with Gasteiger partial charge in [0.05, 0.1) is 19.6 Å². The van der Waals surface area contributed by atoms with Crippen molar-refractivity contribution in [3.05, 3.63) is 40.6 Å². The van der Waals surface area contributed by atoms with E-state index in [9.17, 15) is 14.7 Å². The zero-order valence-electron chi connectivity index (χ0n) is 13.5. The summed E-state index contributed by atoms with van der Waals surface area (Å²) in [5, 5.41) is 9.34. The molecule has 0 saturated heterocycles. The molecule has 1 aromatic rings. The van der Waals surface area contributed by atoms with Gasteiger partial charge in [-0.15, -0.1) is 0 Å². The zero-order valence-corrected chi connectivity index (χ0v) is 13.5. The lowest BCUT2D eigenvalue weighted by molar-refractivity contribution is -0.138. The Hall–Kier alpha value is -2.30. The number of ether oxygens (including phenoxy) is 1. The van der Waals surface area contributed by atoms with Crippen molar-refractivity contribution in [2.24, 2.45) is 0 Å². The lowest BCUT2D eigenvalue weighted by Gasteiger charge is -2.39. The van der Waals surface area contributed by atoms with Crippen molar-refractivity contribution in [3.8, 4) is 5.75 Å². The molecular weight excluding hydrogens is 294 g/mol. The average Bonchev–Trinajstić information content (AvgIpc) is 2.86. The number of ketones is 1. The minimum absolute atomic E-state index is 0.0320. The van der Waals surface area contributed by atoms with Gasteiger partial charge in [0.25, 0.3) is 0 Å². The summed E-state index contributed by atoms with van der Waals surface area (Å²) in [4.78, 5) is 25.4. The van der Waals surface area contributed by atoms with Gasteiger partial charge >= 0.3 is 5.97 Å². The van der Waals surface area contributed by atoms with Gasteiger partial charge in [-0.2, -0.15) is 0 Å². The van der Waals surface area contributed by atoms with E-state index in [1.54, 1.807) is 7.11 Å². The first-order chi connectivity index (χ1) is 11.0. The van der Waals surface area contributed by atoms with Crippen molar-refractivity contribution in [1.82, 2.24) is 4.90 Å². The Balaban J connectivity index is 2.01. The number of aliphatic carboxylic acids is 1. The first kappa shape index (κ1) is 15.6. The third-order valence-electron chi connectivity index (χ3n) is 4.86. The van der Waals surface area contributed by atoms with Gasteiger partial charge < -0.3 is 14.7 Å². The summed E-state index contributed by atoms with van der Waals surface area (Å²) in [6, 6.07) is 5.60. The van der Waals surface area contributed by atoms with E-state index >= 15 is 0 Å². The van der Waals surface area contributed by atoms with Crippen molar-refractivity contribution in [2.45, 2.75) is 38.6 Å². The molecule has 2 aliphatic rings. The van der Waals surface area contributed by atoms with E-state index in [0.717, 1.165) is 41.1 Å². The summed E-state index contributed by atoms with van der Waals surface area (Å²) in [6.45, 7) is 2.59. The maximum atomic E-state index is 11.9. The number of carbonyl (C=O) groups is 2. The van der Waals surface area contributed by atoms with Gasteiger partial charge in [-0.1, -0.05) is 6.07 Å². The number of carbonyl (C=O) groups excluding carboxylic acids is 1. The standard InChI is InChI=1S/C18H21NO4/c1-11-15(5-6-17(11)20)19-8-7-12-9-13(23-2)3-4-14(12)16(19)10-18(21)22/h3-4,9,16H,5-8,10H2,1-2H3,(H,21,22). The van der Waals surface area contributed by atoms with E-state index in [2.05, 4.69) is 4.90 Å². The molecule has 0 saturated carbocycles. The number of Topliss-reactive ketones (excluding diaryl/α,β-unsaturated/α-hetero) is 1. The lowest BCUT2D eigenvalue weighted by atomic mass is 9.89. The van der Waals surface area contributed by atoms with Crippen LogP contribution in [0.5, 0.6) is 5.75 Å². The third kappa shape index (κ3) is 2.83. The maximum Gasteiger partial charge on any atom is 0.305 e. The number of fused-ring (bicyclic) bond motifs is 1. The molecule has 5 nitrogen and oxygen atoms in total. The van der Waals surface area contributed by atoms with Crippen LogP contribution in [-0.4, -0.2) is 35.4 Å². The van der Waals surface area contributed by atoms with Gasteiger partial charge in [-0.25, -0.2) is 0 Å². The summed E-state index contributed by atoms with van der Waals surface area (Å²) in [6.07, 6.45) is 2.11. The monoisotopic (exact) mass is 315 g/mol. The van der Waals surface area contributed by atoms with Crippen LogP contribution in [0.1, 0.15) is 43.4 Å². The highest BCUT2D eigenvalue weighted by Gasteiger charge is 2.34. The Bertz CT molecular complexity index is 692. The molecule has 5 heteroatoms. The molecule has 1 aliphatic heterocycles. The smallest absolute Gasteiger partial charge is 0.305 e. The van der Waals surface area contributed by atoms with Crippen LogP contribution in [0.4, 0.5) is 0 Å². The molecule has 1 unspecified atom stereocenters. The molecule has 1 N–H and O–H groups in total. The third-order valence-corrected chi connectivity index (χ3v) is 4.86. The van der Waals surface area contributed by atoms with Gasteiger partial charge in [-0.05, 0) is 43.0 Å². The summed E-state index contributed by atoms with van der Waals surface area (Å²) < 4.78 is 5.27.